The highest BCUT2D eigenvalue weighted by molar-refractivity contribution is 8.13. The highest BCUT2D eigenvalue weighted by Crippen LogP contribution is 2.31. The number of imidazole rings is 1. The molecule has 10 nitrogen and oxygen atoms in total. The molecule has 2 unspecified atom stereocenters. The SMILES string of the molecule is CSC1=NC=NC2C1N=CN2C(C)(C)Nc1nc(N)nc2c1ncn2C(C)C. The van der Waals surface area contributed by atoms with Gasteiger partial charge in [0.2, 0.25) is 5.95 Å². The summed E-state index contributed by atoms with van der Waals surface area (Å²) in [7, 11) is 0. The van der Waals surface area contributed by atoms with E-state index in [0.717, 1.165) is 5.04 Å². The minimum absolute atomic E-state index is 0.0864. The zero-order chi connectivity index (χ0) is 20.1. The summed E-state index contributed by atoms with van der Waals surface area (Å²) in [5.74, 6) is 0.788. The van der Waals surface area contributed by atoms with E-state index in [9.17, 15) is 0 Å². The van der Waals surface area contributed by atoms with Crippen LogP contribution >= 0.6 is 11.8 Å². The first-order chi connectivity index (χ1) is 13.3. The van der Waals surface area contributed by atoms with E-state index < -0.39 is 5.66 Å². The molecule has 11 heteroatoms. The average Bonchev–Trinajstić information content (AvgIpc) is 3.25. The first kappa shape index (κ1) is 18.7. The van der Waals surface area contributed by atoms with Crippen molar-refractivity contribution < 1.29 is 0 Å². The van der Waals surface area contributed by atoms with Crippen molar-refractivity contribution in [2.75, 3.05) is 17.3 Å². The van der Waals surface area contributed by atoms with Crippen LogP contribution in [0, 0.1) is 0 Å². The van der Waals surface area contributed by atoms with Crippen LogP contribution in [0.4, 0.5) is 11.8 Å². The Balaban J connectivity index is 1.67. The van der Waals surface area contributed by atoms with Crippen LogP contribution in [0.5, 0.6) is 0 Å². The Kier molecular flexibility index (Phi) is 4.48. The zero-order valence-corrected chi connectivity index (χ0v) is 17.3. The summed E-state index contributed by atoms with van der Waals surface area (Å²) < 4.78 is 1.98. The van der Waals surface area contributed by atoms with Gasteiger partial charge < -0.3 is 20.5 Å². The molecule has 0 radical (unpaired) electrons. The quantitative estimate of drug-likeness (QED) is 0.804. The molecule has 0 aromatic carbocycles. The monoisotopic (exact) mass is 400 g/mol. The number of nitrogen functional groups attached to an aromatic ring is 1. The van der Waals surface area contributed by atoms with Crippen molar-refractivity contribution in [1.29, 1.82) is 0 Å². The summed E-state index contributed by atoms with van der Waals surface area (Å²) in [6.07, 6.45) is 7.05. The van der Waals surface area contributed by atoms with E-state index in [1.807, 2.05) is 31.0 Å². The molecular weight excluding hydrogens is 376 g/mol. The van der Waals surface area contributed by atoms with Crippen LogP contribution in [-0.2, 0) is 0 Å². The number of nitrogens with one attached hydrogen (secondary N) is 1. The van der Waals surface area contributed by atoms with Gasteiger partial charge in [-0.1, -0.05) is 0 Å². The van der Waals surface area contributed by atoms with Crippen molar-refractivity contribution in [1.82, 2.24) is 24.4 Å². The predicted molar refractivity (Wildman–Crippen MR) is 115 cm³/mol. The third kappa shape index (κ3) is 2.99. The Morgan fingerprint density at radius 1 is 1.25 bits per heavy atom. The fraction of sp³-hybridized carbons (Fsp3) is 0.529. The maximum atomic E-state index is 5.98. The van der Waals surface area contributed by atoms with E-state index in [-0.39, 0.29) is 24.2 Å². The van der Waals surface area contributed by atoms with Crippen molar-refractivity contribution in [2.45, 2.75) is 51.6 Å². The van der Waals surface area contributed by atoms with Crippen LogP contribution in [0.3, 0.4) is 0 Å². The lowest BCUT2D eigenvalue weighted by Gasteiger charge is -2.40. The molecule has 0 saturated carbocycles. The van der Waals surface area contributed by atoms with Gasteiger partial charge in [-0.3, -0.25) is 4.99 Å². The van der Waals surface area contributed by atoms with Crippen molar-refractivity contribution in [3.63, 3.8) is 0 Å². The Labute approximate surface area is 167 Å². The molecule has 0 fully saturated rings. The van der Waals surface area contributed by atoms with E-state index >= 15 is 0 Å². The van der Waals surface area contributed by atoms with E-state index in [4.69, 9.17) is 5.73 Å². The molecule has 4 rings (SSSR count). The van der Waals surface area contributed by atoms with Crippen LogP contribution in [0.1, 0.15) is 33.7 Å². The van der Waals surface area contributed by atoms with Gasteiger partial charge in [0.1, 0.15) is 23.1 Å². The fourth-order valence-corrected chi connectivity index (χ4v) is 4.00. The van der Waals surface area contributed by atoms with E-state index in [0.29, 0.717) is 17.0 Å². The number of thioether (sulfide) groups is 1. The van der Waals surface area contributed by atoms with Crippen LogP contribution < -0.4 is 11.1 Å². The Bertz CT molecular complexity index is 989. The molecule has 0 spiro atoms. The predicted octanol–water partition coefficient (Wildman–Crippen LogP) is 1.98. The standard InChI is InChI=1S/C17H24N10S/c1-9(2)26-7-21-10-12(23-16(18)24-14(10)26)25-17(3,4)27-8-22-11-13(27)19-6-20-15(11)28-5/h6-9,11,13H,1-5H3,(H3,18,23,24,25). The second kappa shape index (κ2) is 6.73. The van der Waals surface area contributed by atoms with Gasteiger partial charge in [0.25, 0.3) is 0 Å². The number of fused-ring (bicyclic) bond motifs is 2. The average molecular weight is 401 g/mol. The summed E-state index contributed by atoms with van der Waals surface area (Å²) >= 11 is 1.60. The highest BCUT2D eigenvalue weighted by Gasteiger charge is 2.42. The molecule has 2 aliphatic heterocycles. The molecule has 2 aromatic rings. The Hall–Kier alpha value is -2.69. The van der Waals surface area contributed by atoms with E-state index in [1.165, 1.54) is 0 Å². The lowest BCUT2D eigenvalue weighted by atomic mass is 10.1. The van der Waals surface area contributed by atoms with E-state index in [1.54, 1.807) is 24.4 Å². The second-order valence-corrected chi connectivity index (χ2v) is 8.33. The smallest absolute Gasteiger partial charge is 0.224 e. The molecule has 0 bridgehead atoms. The number of hydrogen-bond donors (Lipinski definition) is 2. The van der Waals surface area contributed by atoms with Gasteiger partial charge in [0.15, 0.2) is 23.1 Å². The molecule has 2 aliphatic rings. The van der Waals surface area contributed by atoms with Gasteiger partial charge in [0, 0.05) is 6.04 Å². The zero-order valence-electron chi connectivity index (χ0n) is 16.5. The summed E-state index contributed by atoms with van der Waals surface area (Å²) in [5.41, 5.74) is 6.83. The Morgan fingerprint density at radius 3 is 2.75 bits per heavy atom. The van der Waals surface area contributed by atoms with Gasteiger partial charge in [-0.05, 0) is 34.0 Å². The molecule has 0 saturated heterocycles. The van der Waals surface area contributed by atoms with Crippen LogP contribution in [0.15, 0.2) is 21.3 Å². The van der Waals surface area contributed by atoms with Crippen LogP contribution in [0.2, 0.25) is 0 Å². The van der Waals surface area contributed by atoms with Gasteiger partial charge >= 0.3 is 0 Å². The lowest BCUT2D eigenvalue weighted by molar-refractivity contribution is 0.206. The molecular formula is C17H24N10S. The second-order valence-electron chi connectivity index (χ2n) is 7.50. The molecule has 2 atom stereocenters. The third-order valence-electron chi connectivity index (χ3n) is 4.85. The van der Waals surface area contributed by atoms with Crippen molar-refractivity contribution in [3.05, 3.63) is 6.33 Å². The summed E-state index contributed by atoms with van der Waals surface area (Å²) in [4.78, 5) is 28.9. The maximum absolute atomic E-state index is 5.98. The van der Waals surface area contributed by atoms with Crippen molar-refractivity contribution in [2.24, 2.45) is 15.0 Å². The van der Waals surface area contributed by atoms with Crippen LogP contribution in [0.25, 0.3) is 11.2 Å². The van der Waals surface area contributed by atoms with Crippen molar-refractivity contribution in [3.8, 4) is 0 Å². The number of rotatable bonds is 4. The first-order valence-electron chi connectivity index (χ1n) is 9.05. The summed E-state index contributed by atoms with van der Waals surface area (Å²) in [5, 5.41) is 4.43. The highest BCUT2D eigenvalue weighted by atomic mass is 32.2. The molecule has 3 N–H and O–H groups in total. The summed E-state index contributed by atoms with van der Waals surface area (Å²) in [6, 6.07) is 0.129. The van der Waals surface area contributed by atoms with Gasteiger partial charge in [-0.15, -0.1) is 11.8 Å². The summed E-state index contributed by atoms with van der Waals surface area (Å²) in [6.45, 7) is 8.24. The lowest BCUT2D eigenvalue weighted by Crippen LogP contribution is -2.54. The largest absolute Gasteiger partial charge is 0.368 e. The van der Waals surface area contributed by atoms with Gasteiger partial charge in [-0.2, -0.15) is 9.97 Å². The number of aliphatic imine (C=N–C) groups is 3. The number of anilines is 2. The first-order valence-corrected chi connectivity index (χ1v) is 10.3. The normalized spacial score (nSPS) is 21.5. The fourth-order valence-electron chi connectivity index (χ4n) is 3.42. The minimum atomic E-state index is -0.545. The van der Waals surface area contributed by atoms with E-state index in [2.05, 4.69) is 54.0 Å². The molecule has 0 aliphatic carbocycles. The van der Waals surface area contributed by atoms with Crippen LogP contribution in [-0.4, -0.2) is 66.3 Å². The molecule has 4 heterocycles. The maximum Gasteiger partial charge on any atom is 0.224 e. The van der Waals surface area contributed by atoms with Crippen molar-refractivity contribution >= 4 is 52.4 Å². The number of aromatic nitrogens is 4. The van der Waals surface area contributed by atoms with Gasteiger partial charge in [0.05, 0.1) is 12.7 Å². The molecule has 0 amide bonds. The number of nitrogens with zero attached hydrogens (tertiary/aromatic N) is 8. The minimum Gasteiger partial charge on any atom is -0.368 e. The number of nitrogens with two attached hydrogens (primary N) is 1. The Morgan fingerprint density at radius 2 is 2.04 bits per heavy atom. The molecule has 28 heavy (non-hydrogen) atoms. The molecule has 2 aromatic heterocycles. The third-order valence-corrected chi connectivity index (χ3v) is 5.62. The topological polar surface area (TPSA) is 122 Å². The van der Waals surface area contributed by atoms with Gasteiger partial charge in [-0.25, -0.2) is 15.0 Å². The number of hydrogen-bond acceptors (Lipinski definition) is 10. The molecule has 148 valence electrons.